The Morgan fingerprint density at radius 3 is 2.94 bits per heavy atom. The molecule has 16 heavy (non-hydrogen) atoms. The maximum Gasteiger partial charge on any atom is 0.110 e. The molecule has 0 spiro atoms. The van der Waals surface area contributed by atoms with Crippen molar-refractivity contribution < 1.29 is 0 Å². The van der Waals surface area contributed by atoms with Crippen LogP contribution in [0.25, 0.3) is 0 Å². The van der Waals surface area contributed by atoms with E-state index >= 15 is 0 Å². The van der Waals surface area contributed by atoms with Crippen molar-refractivity contribution in [2.75, 3.05) is 0 Å². The van der Waals surface area contributed by atoms with E-state index in [-0.39, 0.29) is 0 Å². The highest BCUT2D eigenvalue weighted by atomic mass is 32.1. The number of nitrogens with one attached hydrogen (secondary N) is 1. The third-order valence-corrected chi connectivity index (χ3v) is 4.24. The van der Waals surface area contributed by atoms with Crippen molar-refractivity contribution in [1.29, 1.82) is 0 Å². The van der Waals surface area contributed by atoms with Gasteiger partial charge in [0.1, 0.15) is 5.01 Å². The molecule has 2 aromatic heterocycles. The third kappa shape index (κ3) is 2.90. The van der Waals surface area contributed by atoms with E-state index in [0.29, 0.717) is 6.04 Å². The molecule has 1 N–H and O–H groups in total. The van der Waals surface area contributed by atoms with E-state index in [2.05, 4.69) is 41.0 Å². The summed E-state index contributed by atoms with van der Waals surface area (Å²) in [5, 5.41) is 9.06. The molecule has 0 aromatic carbocycles. The fourth-order valence-corrected chi connectivity index (χ4v) is 3.18. The Morgan fingerprint density at radius 2 is 2.38 bits per heavy atom. The van der Waals surface area contributed by atoms with E-state index in [0.717, 1.165) is 13.0 Å². The van der Waals surface area contributed by atoms with Gasteiger partial charge < -0.3 is 5.32 Å². The molecule has 0 amide bonds. The van der Waals surface area contributed by atoms with Gasteiger partial charge in [-0.1, -0.05) is 6.92 Å². The van der Waals surface area contributed by atoms with Crippen molar-refractivity contribution >= 4 is 22.7 Å². The van der Waals surface area contributed by atoms with Crippen molar-refractivity contribution in [1.82, 2.24) is 10.3 Å². The molecule has 0 saturated heterocycles. The van der Waals surface area contributed by atoms with Gasteiger partial charge >= 0.3 is 0 Å². The van der Waals surface area contributed by atoms with Crippen molar-refractivity contribution in [3.05, 3.63) is 38.5 Å². The summed E-state index contributed by atoms with van der Waals surface area (Å²) in [5.41, 5.74) is 1.36. The molecule has 0 radical (unpaired) electrons. The molecule has 0 aliphatic carbocycles. The van der Waals surface area contributed by atoms with Crippen LogP contribution >= 0.6 is 22.7 Å². The fraction of sp³-hybridized carbons (Fsp3) is 0.417. The second-order valence-corrected chi connectivity index (χ2v) is 5.83. The largest absolute Gasteiger partial charge is 0.304 e. The van der Waals surface area contributed by atoms with Gasteiger partial charge in [0.05, 0.1) is 6.04 Å². The monoisotopic (exact) mass is 252 g/mol. The van der Waals surface area contributed by atoms with Crippen LogP contribution in [0.3, 0.4) is 0 Å². The zero-order chi connectivity index (χ0) is 11.4. The molecule has 0 aliphatic heterocycles. The normalized spacial score (nSPS) is 12.9. The Balaban J connectivity index is 1.96. The maximum absolute atomic E-state index is 4.45. The van der Waals surface area contributed by atoms with Crippen molar-refractivity contribution in [3.8, 4) is 0 Å². The minimum Gasteiger partial charge on any atom is -0.304 e. The summed E-state index contributed by atoms with van der Waals surface area (Å²) in [6.07, 6.45) is 3.03. The Labute approximate surface area is 104 Å². The molecule has 4 heteroatoms. The summed E-state index contributed by atoms with van der Waals surface area (Å²) in [6.45, 7) is 5.23. The van der Waals surface area contributed by atoms with Crippen LogP contribution in [0.2, 0.25) is 0 Å². The molecule has 0 bridgehead atoms. The first-order chi connectivity index (χ1) is 7.79. The summed E-state index contributed by atoms with van der Waals surface area (Å²) in [6, 6.07) is 2.55. The van der Waals surface area contributed by atoms with Crippen LogP contribution in [-0.2, 0) is 6.54 Å². The van der Waals surface area contributed by atoms with Crippen LogP contribution in [0.15, 0.2) is 23.0 Å². The van der Waals surface area contributed by atoms with Crippen LogP contribution in [0, 0.1) is 6.92 Å². The molecule has 1 atom stereocenters. The molecular weight excluding hydrogens is 236 g/mol. The van der Waals surface area contributed by atoms with E-state index in [1.54, 1.807) is 22.7 Å². The molecule has 0 aliphatic rings. The molecule has 86 valence electrons. The van der Waals surface area contributed by atoms with E-state index in [9.17, 15) is 0 Å². The highest BCUT2D eigenvalue weighted by Crippen LogP contribution is 2.22. The average molecular weight is 252 g/mol. The number of rotatable bonds is 5. The standard InChI is InChI=1S/C12H16N2S2/c1-3-11(12-14-6-9(2)16-12)13-7-10-4-5-15-8-10/h4-6,8,11,13H,3,7H2,1-2H3. The van der Waals surface area contributed by atoms with Gasteiger partial charge in [-0.25, -0.2) is 4.98 Å². The summed E-state index contributed by atoms with van der Waals surface area (Å²) >= 11 is 3.53. The summed E-state index contributed by atoms with van der Waals surface area (Å²) in [5.74, 6) is 0. The smallest absolute Gasteiger partial charge is 0.110 e. The summed E-state index contributed by atoms with van der Waals surface area (Å²) in [7, 11) is 0. The van der Waals surface area contributed by atoms with Crippen LogP contribution in [0.1, 0.15) is 34.8 Å². The number of hydrogen-bond acceptors (Lipinski definition) is 4. The zero-order valence-electron chi connectivity index (χ0n) is 9.56. The number of nitrogens with zero attached hydrogens (tertiary/aromatic N) is 1. The lowest BCUT2D eigenvalue weighted by Crippen LogP contribution is -2.19. The molecule has 2 rings (SSSR count). The third-order valence-electron chi connectivity index (χ3n) is 2.48. The molecule has 2 heterocycles. The first-order valence-electron chi connectivity index (χ1n) is 5.46. The first kappa shape index (κ1) is 11.8. The van der Waals surface area contributed by atoms with E-state index in [1.807, 2.05) is 6.20 Å². The van der Waals surface area contributed by atoms with Gasteiger partial charge in [-0.3, -0.25) is 0 Å². The lowest BCUT2D eigenvalue weighted by Gasteiger charge is -2.13. The second kappa shape index (κ2) is 5.57. The molecular formula is C12H16N2S2. The number of thiophene rings is 1. The van der Waals surface area contributed by atoms with Crippen molar-refractivity contribution in [3.63, 3.8) is 0 Å². The van der Waals surface area contributed by atoms with Gasteiger partial charge in [-0.15, -0.1) is 11.3 Å². The Hall–Kier alpha value is -0.710. The predicted molar refractivity (Wildman–Crippen MR) is 71.0 cm³/mol. The van der Waals surface area contributed by atoms with Gasteiger partial charge in [-0.2, -0.15) is 11.3 Å². The number of thiazole rings is 1. The maximum atomic E-state index is 4.45. The van der Waals surface area contributed by atoms with Crippen LogP contribution in [0.5, 0.6) is 0 Å². The van der Waals surface area contributed by atoms with Crippen molar-refractivity contribution in [2.45, 2.75) is 32.9 Å². The lowest BCUT2D eigenvalue weighted by atomic mass is 10.2. The topological polar surface area (TPSA) is 24.9 Å². The van der Waals surface area contributed by atoms with Gasteiger partial charge in [0.25, 0.3) is 0 Å². The number of aryl methyl sites for hydroxylation is 1. The highest BCUT2D eigenvalue weighted by molar-refractivity contribution is 7.11. The first-order valence-corrected chi connectivity index (χ1v) is 7.22. The molecule has 1 unspecified atom stereocenters. The van der Waals surface area contributed by atoms with E-state index < -0.39 is 0 Å². The number of hydrogen-bond donors (Lipinski definition) is 1. The van der Waals surface area contributed by atoms with Gasteiger partial charge in [0.15, 0.2) is 0 Å². The van der Waals surface area contributed by atoms with Crippen LogP contribution in [-0.4, -0.2) is 4.98 Å². The molecule has 2 nitrogen and oxygen atoms in total. The van der Waals surface area contributed by atoms with E-state index in [1.165, 1.54) is 15.4 Å². The lowest BCUT2D eigenvalue weighted by molar-refractivity contribution is 0.517. The average Bonchev–Trinajstić information content (AvgIpc) is 2.91. The van der Waals surface area contributed by atoms with Gasteiger partial charge in [0, 0.05) is 17.6 Å². The summed E-state index contributed by atoms with van der Waals surface area (Å²) in [4.78, 5) is 5.73. The quantitative estimate of drug-likeness (QED) is 0.876. The highest BCUT2D eigenvalue weighted by Gasteiger charge is 2.12. The molecule has 0 saturated carbocycles. The van der Waals surface area contributed by atoms with Gasteiger partial charge in [-0.05, 0) is 35.7 Å². The van der Waals surface area contributed by atoms with Gasteiger partial charge in [0.2, 0.25) is 0 Å². The minimum atomic E-state index is 0.388. The SMILES string of the molecule is CCC(NCc1ccsc1)c1ncc(C)s1. The van der Waals surface area contributed by atoms with Crippen molar-refractivity contribution in [2.24, 2.45) is 0 Å². The zero-order valence-corrected chi connectivity index (χ0v) is 11.2. The summed E-state index contributed by atoms with van der Waals surface area (Å²) < 4.78 is 0. The fourth-order valence-electron chi connectivity index (χ4n) is 1.57. The number of aromatic nitrogens is 1. The Kier molecular flexibility index (Phi) is 4.09. The Bertz CT molecular complexity index is 420. The van der Waals surface area contributed by atoms with Crippen LogP contribution in [0.4, 0.5) is 0 Å². The molecule has 0 fully saturated rings. The second-order valence-electron chi connectivity index (χ2n) is 3.78. The minimum absolute atomic E-state index is 0.388. The molecule has 2 aromatic rings. The predicted octanol–water partition coefficient (Wildman–Crippen LogP) is 3.75. The van der Waals surface area contributed by atoms with Crippen LogP contribution < -0.4 is 5.32 Å². The Morgan fingerprint density at radius 1 is 1.50 bits per heavy atom. The van der Waals surface area contributed by atoms with E-state index in [4.69, 9.17) is 0 Å².